The third-order valence-electron chi connectivity index (χ3n) is 3.45. The van der Waals surface area contributed by atoms with Crippen LogP contribution in [0.3, 0.4) is 0 Å². The lowest BCUT2D eigenvalue weighted by Gasteiger charge is -2.25. The van der Waals surface area contributed by atoms with Crippen molar-refractivity contribution in [3.05, 3.63) is 0 Å². The van der Waals surface area contributed by atoms with Crippen LogP contribution in [0, 0.1) is 5.92 Å². The zero-order chi connectivity index (χ0) is 11.6. The van der Waals surface area contributed by atoms with E-state index in [1.54, 1.807) is 0 Å². The molecule has 16 heavy (non-hydrogen) atoms. The van der Waals surface area contributed by atoms with Crippen LogP contribution in [0.2, 0.25) is 0 Å². The van der Waals surface area contributed by atoms with Crippen molar-refractivity contribution < 1.29 is 9.47 Å². The highest BCUT2D eigenvalue weighted by atomic mass is 16.7. The van der Waals surface area contributed by atoms with E-state index in [4.69, 9.17) is 9.47 Å². The molecule has 2 heteroatoms. The van der Waals surface area contributed by atoms with Gasteiger partial charge in [0, 0.05) is 6.61 Å². The zero-order valence-corrected chi connectivity index (χ0v) is 11.0. The Hall–Kier alpha value is -0.0800. The maximum absolute atomic E-state index is 5.84. The summed E-state index contributed by atoms with van der Waals surface area (Å²) in [6, 6.07) is 0. The van der Waals surface area contributed by atoms with Crippen LogP contribution in [-0.4, -0.2) is 19.5 Å². The number of rotatable bonds is 8. The maximum Gasteiger partial charge on any atom is 0.157 e. The van der Waals surface area contributed by atoms with Crippen LogP contribution in [0.15, 0.2) is 0 Å². The Morgan fingerprint density at radius 1 is 1.25 bits per heavy atom. The van der Waals surface area contributed by atoms with Gasteiger partial charge in [-0.1, -0.05) is 39.5 Å². The Morgan fingerprint density at radius 3 is 2.75 bits per heavy atom. The third kappa shape index (κ3) is 5.86. The fourth-order valence-electron chi connectivity index (χ4n) is 2.17. The fourth-order valence-corrected chi connectivity index (χ4v) is 2.17. The summed E-state index contributed by atoms with van der Waals surface area (Å²) < 4.78 is 11.4. The standard InChI is InChI=1S/C14H28O2/c1-3-5-6-9-13(4-2)12-16-14-10-7-8-11-15-14/h13-14H,3-12H2,1-2H3. The molecule has 0 aromatic heterocycles. The monoisotopic (exact) mass is 228 g/mol. The van der Waals surface area contributed by atoms with Gasteiger partial charge >= 0.3 is 0 Å². The van der Waals surface area contributed by atoms with Crippen molar-refractivity contribution in [2.75, 3.05) is 13.2 Å². The summed E-state index contributed by atoms with van der Waals surface area (Å²) in [6.45, 7) is 6.30. The first-order valence-corrected chi connectivity index (χ1v) is 7.10. The highest BCUT2D eigenvalue weighted by Gasteiger charge is 2.16. The molecule has 1 saturated heterocycles. The van der Waals surface area contributed by atoms with Gasteiger partial charge in [0.05, 0.1) is 6.61 Å². The molecule has 0 aromatic carbocycles. The predicted molar refractivity (Wildman–Crippen MR) is 67.5 cm³/mol. The van der Waals surface area contributed by atoms with Gasteiger partial charge in [0.15, 0.2) is 6.29 Å². The van der Waals surface area contributed by atoms with Crippen molar-refractivity contribution in [1.82, 2.24) is 0 Å². The molecule has 0 spiro atoms. The number of ether oxygens (including phenoxy) is 2. The van der Waals surface area contributed by atoms with Gasteiger partial charge in [0.2, 0.25) is 0 Å². The predicted octanol–water partition coefficient (Wildman–Crippen LogP) is 4.14. The molecule has 1 rings (SSSR count). The molecular formula is C14H28O2. The van der Waals surface area contributed by atoms with Gasteiger partial charge in [-0.25, -0.2) is 0 Å². The second-order valence-corrected chi connectivity index (χ2v) is 4.90. The van der Waals surface area contributed by atoms with Crippen molar-refractivity contribution in [2.45, 2.75) is 71.5 Å². The molecule has 2 unspecified atom stereocenters. The summed E-state index contributed by atoms with van der Waals surface area (Å²) >= 11 is 0. The SMILES string of the molecule is CCCCCC(CC)COC1CCCCO1. The smallest absolute Gasteiger partial charge is 0.157 e. The van der Waals surface area contributed by atoms with Crippen molar-refractivity contribution in [2.24, 2.45) is 5.92 Å². The lowest BCUT2D eigenvalue weighted by atomic mass is 10.00. The molecule has 2 atom stereocenters. The Bertz CT molecular complexity index is 153. The van der Waals surface area contributed by atoms with Gasteiger partial charge in [-0.05, 0) is 31.6 Å². The quantitative estimate of drug-likeness (QED) is 0.581. The third-order valence-corrected chi connectivity index (χ3v) is 3.45. The topological polar surface area (TPSA) is 18.5 Å². The maximum atomic E-state index is 5.84. The van der Waals surface area contributed by atoms with Crippen LogP contribution in [0.1, 0.15) is 65.2 Å². The minimum Gasteiger partial charge on any atom is -0.353 e. The van der Waals surface area contributed by atoms with Crippen molar-refractivity contribution in [1.29, 1.82) is 0 Å². The highest BCUT2D eigenvalue weighted by molar-refractivity contribution is 4.59. The van der Waals surface area contributed by atoms with Crippen LogP contribution in [0.25, 0.3) is 0 Å². The van der Waals surface area contributed by atoms with E-state index in [1.807, 2.05) is 0 Å². The van der Waals surface area contributed by atoms with Gasteiger partial charge in [-0.15, -0.1) is 0 Å². The lowest BCUT2D eigenvalue weighted by Crippen LogP contribution is -2.25. The molecule has 0 aromatic rings. The summed E-state index contributed by atoms with van der Waals surface area (Å²) in [5.41, 5.74) is 0. The molecule has 1 aliphatic heterocycles. The molecular weight excluding hydrogens is 200 g/mol. The van der Waals surface area contributed by atoms with E-state index in [2.05, 4.69) is 13.8 Å². The van der Waals surface area contributed by atoms with Gasteiger partial charge in [-0.3, -0.25) is 0 Å². The molecule has 2 nitrogen and oxygen atoms in total. The average molecular weight is 228 g/mol. The van der Waals surface area contributed by atoms with Crippen molar-refractivity contribution in [3.8, 4) is 0 Å². The second kappa shape index (κ2) is 9.00. The van der Waals surface area contributed by atoms with E-state index in [1.165, 1.54) is 44.9 Å². The largest absolute Gasteiger partial charge is 0.353 e. The summed E-state index contributed by atoms with van der Waals surface area (Å²) in [6.07, 6.45) is 10.2. The van der Waals surface area contributed by atoms with Crippen LogP contribution in [0.4, 0.5) is 0 Å². The van der Waals surface area contributed by atoms with Crippen molar-refractivity contribution in [3.63, 3.8) is 0 Å². The van der Waals surface area contributed by atoms with E-state index < -0.39 is 0 Å². The van der Waals surface area contributed by atoms with E-state index in [0.29, 0.717) is 0 Å². The molecule has 1 fully saturated rings. The van der Waals surface area contributed by atoms with Crippen molar-refractivity contribution >= 4 is 0 Å². The fraction of sp³-hybridized carbons (Fsp3) is 1.00. The normalized spacial score (nSPS) is 23.2. The summed E-state index contributed by atoms with van der Waals surface area (Å²) in [5.74, 6) is 0.733. The summed E-state index contributed by atoms with van der Waals surface area (Å²) in [7, 11) is 0. The van der Waals surface area contributed by atoms with Crippen LogP contribution in [-0.2, 0) is 9.47 Å². The Balaban J connectivity index is 2.07. The Kier molecular flexibility index (Phi) is 7.87. The first-order chi connectivity index (χ1) is 7.86. The van der Waals surface area contributed by atoms with E-state index in [-0.39, 0.29) is 6.29 Å². The molecule has 0 amide bonds. The molecule has 0 saturated carbocycles. The molecule has 0 radical (unpaired) electrons. The highest BCUT2D eigenvalue weighted by Crippen LogP contribution is 2.18. The molecule has 1 heterocycles. The van der Waals surface area contributed by atoms with E-state index >= 15 is 0 Å². The van der Waals surface area contributed by atoms with E-state index in [0.717, 1.165) is 25.6 Å². The number of hydrogen-bond acceptors (Lipinski definition) is 2. The minimum atomic E-state index is 0.0916. The van der Waals surface area contributed by atoms with Gasteiger partial charge < -0.3 is 9.47 Å². The van der Waals surface area contributed by atoms with Gasteiger partial charge in [0.25, 0.3) is 0 Å². The van der Waals surface area contributed by atoms with Crippen LogP contribution < -0.4 is 0 Å². The van der Waals surface area contributed by atoms with Crippen LogP contribution in [0.5, 0.6) is 0 Å². The summed E-state index contributed by atoms with van der Waals surface area (Å²) in [5, 5.41) is 0. The zero-order valence-electron chi connectivity index (χ0n) is 11.0. The second-order valence-electron chi connectivity index (χ2n) is 4.90. The van der Waals surface area contributed by atoms with Gasteiger partial charge in [0.1, 0.15) is 0 Å². The first-order valence-electron chi connectivity index (χ1n) is 7.10. The van der Waals surface area contributed by atoms with Crippen LogP contribution >= 0.6 is 0 Å². The molecule has 0 N–H and O–H groups in total. The Labute approximate surface area is 101 Å². The first kappa shape index (κ1) is 14.0. The number of unbranched alkanes of at least 4 members (excludes halogenated alkanes) is 2. The molecule has 0 aliphatic carbocycles. The Morgan fingerprint density at radius 2 is 2.12 bits per heavy atom. The number of hydrogen-bond donors (Lipinski definition) is 0. The molecule has 96 valence electrons. The minimum absolute atomic E-state index is 0.0916. The molecule has 1 aliphatic rings. The average Bonchev–Trinajstić information content (AvgIpc) is 2.35. The lowest BCUT2D eigenvalue weighted by molar-refractivity contribution is -0.169. The summed E-state index contributed by atoms with van der Waals surface area (Å²) in [4.78, 5) is 0. The molecule has 0 bridgehead atoms. The van der Waals surface area contributed by atoms with Gasteiger partial charge in [-0.2, -0.15) is 0 Å². The van der Waals surface area contributed by atoms with E-state index in [9.17, 15) is 0 Å².